The Morgan fingerprint density at radius 3 is 1.11 bits per heavy atom. The van der Waals surface area contributed by atoms with Crippen LogP contribution in [0.1, 0.15) is 86.5 Å². The zero-order valence-corrected chi connectivity index (χ0v) is 21.8. The standard InChI is InChI=1S/3C6H14N.C5H5.CH3.Ti/c3*1-3-5-7-6-4-2;1-2-4-5-3-1;;/h3*3-6H2,1-2H3;1-3H,4H2;1H3;/q3*-1;;;+3. The molecule has 0 aromatic heterocycles. The molecule has 1 rings (SSSR count). The van der Waals surface area contributed by atoms with Crippen molar-refractivity contribution < 1.29 is 19.2 Å². The van der Waals surface area contributed by atoms with Gasteiger partial charge >= 0.3 is 52.9 Å². The molecule has 0 heterocycles. The Balaban J connectivity index is -0.000000298. The van der Waals surface area contributed by atoms with E-state index < -0.39 is 0 Å². The van der Waals surface area contributed by atoms with Crippen LogP contribution in [-0.2, 0) is 19.2 Å². The Labute approximate surface area is 187 Å². The average molecular weight is 429 g/mol. The molecule has 0 N–H and O–H groups in total. The summed E-state index contributed by atoms with van der Waals surface area (Å²) in [4.78, 5) is 0. The summed E-state index contributed by atoms with van der Waals surface area (Å²) in [6, 6.07) is 0. The first-order valence-electron chi connectivity index (χ1n) is 11.6. The number of hydrogen-bond acceptors (Lipinski definition) is 0. The van der Waals surface area contributed by atoms with Crippen LogP contribution in [0.25, 0.3) is 16.0 Å². The summed E-state index contributed by atoms with van der Waals surface area (Å²) in [5, 5.41) is 14.9. The molecule has 0 aliphatic heterocycles. The fraction of sp³-hybridized carbons (Fsp3) is 0.833. The molecule has 0 fully saturated rings. The molecule has 0 atom stereocenters. The Hall–Kier alpha value is 0.0743. The van der Waals surface area contributed by atoms with Crippen molar-refractivity contribution in [1.82, 2.24) is 0 Å². The van der Waals surface area contributed by atoms with Crippen molar-refractivity contribution in [2.24, 2.45) is 0 Å². The van der Waals surface area contributed by atoms with Crippen molar-refractivity contribution in [1.29, 1.82) is 0 Å². The summed E-state index contributed by atoms with van der Waals surface area (Å²) < 4.78 is 1.68. The normalized spacial score (nSPS) is 11.2. The van der Waals surface area contributed by atoms with E-state index in [1.54, 1.807) is 3.88 Å². The first-order chi connectivity index (χ1) is 13.7. The van der Waals surface area contributed by atoms with Crippen LogP contribution in [0, 0.1) is 0 Å². The summed E-state index contributed by atoms with van der Waals surface area (Å²) in [6.45, 7) is 19.2. The average Bonchev–Trinajstić information content (AvgIpc) is 3.25. The summed E-state index contributed by atoms with van der Waals surface area (Å²) in [5.41, 5.74) is 0. The molecule has 0 aromatic rings. The van der Waals surface area contributed by atoms with Crippen molar-refractivity contribution >= 4 is 0 Å². The van der Waals surface area contributed by atoms with Gasteiger partial charge in [0.2, 0.25) is 0 Å². The molecule has 4 heteroatoms. The van der Waals surface area contributed by atoms with Crippen LogP contribution in [-0.4, -0.2) is 39.3 Å². The fourth-order valence-electron chi connectivity index (χ4n) is 1.92. The Bertz CT molecular complexity index is 268. The molecule has 1 aliphatic rings. The molecule has 1 aliphatic carbocycles. The van der Waals surface area contributed by atoms with Gasteiger partial charge in [-0.3, -0.25) is 0 Å². The maximum atomic E-state index is 4.21. The maximum absolute atomic E-state index is 4.21. The topological polar surface area (TPSA) is 42.3 Å². The second kappa shape index (κ2) is 34.6. The number of allylic oxidation sites excluding steroid dienone is 4. The zero-order chi connectivity index (χ0) is 21.7. The van der Waals surface area contributed by atoms with Gasteiger partial charge in [0.15, 0.2) is 0 Å². The molecular weight excluding hydrogens is 378 g/mol. The van der Waals surface area contributed by atoms with E-state index in [2.05, 4.69) is 80.9 Å². The first kappa shape index (κ1) is 32.7. The number of rotatable bonds is 13. The molecule has 0 amide bonds. The molecule has 0 aromatic carbocycles. The van der Waals surface area contributed by atoms with Crippen molar-refractivity contribution in [2.45, 2.75) is 91.7 Å². The molecular formula is C24H50N3Ti. The minimum atomic E-state index is 0.292. The molecule has 165 valence electrons. The predicted molar refractivity (Wildman–Crippen MR) is 129 cm³/mol. The minimum absolute atomic E-state index is 0.292. The van der Waals surface area contributed by atoms with Crippen molar-refractivity contribution in [3.8, 4) is 0 Å². The molecule has 0 unspecified atom stereocenters. The van der Waals surface area contributed by atoms with Gasteiger partial charge < -0.3 is 16.0 Å². The van der Waals surface area contributed by atoms with Gasteiger partial charge in [-0.05, 0) is 0 Å². The van der Waals surface area contributed by atoms with E-state index in [1.807, 2.05) is 0 Å². The Kier molecular flexibility index (Phi) is 40.4. The van der Waals surface area contributed by atoms with Crippen LogP contribution >= 0.6 is 0 Å². The van der Waals surface area contributed by atoms with Crippen molar-refractivity contribution in [3.63, 3.8) is 0 Å². The van der Waals surface area contributed by atoms with Gasteiger partial charge in [-0.25, -0.2) is 0 Å². The molecule has 0 radical (unpaired) electrons. The van der Waals surface area contributed by atoms with E-state index in [0.717, 1.165) is 39.3 Å². The van der Waals surface area contributed by atoms with Gasteiger partial charge in [0.25, 0.3) is 0 Å². The Morgan fingerprint density at radius 1 is 0.643 bits per heavy atom. The van der Waals surface area contributed by atoms with E-state index in [4.69, 9.17) is 0 Å². The quantitative estimate of drug-likeness (QED) is 0.208. The molecule has 0 saturated carbocycles. The third-order valence-electron chi connectivity index (χ3n) is 3.38. The van der Waals surface area contributed by atoms with Gasteiger partial charge in [-0.15, -0.1) is 39.3 Å². The van der Waals surface area contributed by atoms with E-state index in [9.17, 15) is 0 Å². The number of hydrogen-bond donors (Lipinski definition) is 0. The van der Waals surface area contributed by atoms with Gasteiger partial charge in [-0.1, -0.05) is 80.1 Å². The second-order valence-corrected chi connectivity index (χ2v) is 8.37. The third-order valence-corrected chi connectivity index (χ3v) is 4.96. The van der Waals surface area contributed by atoms with Crippen molar-refractivity contribution in [3.05, 3.63) is 38.1 Å². The van der Waals surface area contributed by atoms with E-state index in [0.29, 0.717) is 19.2 Å². The van der Waals surface area contributed by atoms with Crippen LogP contribution in [0.2, 0.25) is 5.23 Å². The summed E-state index contributed by atoms with van der Waals surface area (Å²) in [5.74, 6) is 0. The first-order valence-corrected chi connectivity index (χ1v) is 13.9. The summed E-state index contributed by atoms with van der Waals surface area (Å²) >= 11 is 0.292. The fourth-order valence-corrected chi connectivity index (χ4v) is 2.83. The third kappa shape index (κ3) is 36.9. The van der Waals surface area contributed by atoms with Crippen molar-refractivity contribution in [2.75, 3.05) is 39.3 Å². The predicted octanol–water partition coefficient (Wildman–Crippen LogP) is 8.50. The second-order valence-electron chi connectivity index (χ2n) is 6.59. The van der Waals surface area contributed by atoms with E-state index in [1.165, 1.54) is 44.9 Å². The van der Waals surface area contributed by atoms with Crippen LogP contribution in [0.3, 0.4) is 0 Å². The van der Waals surface area contributed by atoms with Gasteiger partial charge in [0.05, 0.1) is 0 Å². The number of nitrogens with zero attached hydrogens (tertiary/aromatic N) is 3. The zero-order valence-electron chi connectivity index (χ0n) is 20.3. The monoisotopic (exact) mass is 428 g/mol. The van der Waals surface area contributed by atoms with Gasteiger partial charge in [0.1, 0.15) is 0 Å². The summed E-state index contributed by atoms with van der Waals surface area (Å²) in [6.07, 6.45) is 15.0. The molecule has 28 heavy (non-hydrogen) atoms. The van der Waals surface area contributed by atoms with Crippen LogP contribution in [0.15, 0.2) is 22.1 Å². The van der Waals surface area contributed by atoms with E-state index >= 15 is 0 Å². The van der Waals surface area contributed by atoms with Crippen LogP contribution in [0.5, 0.6) is 0 Å². The molecule has 0 bridgehead atoms. The summed E-state index contributed by atoms with van der Waals surface area (Å²) in [7, 11) is 0. The molecule has 0 spiro atoms. The van der Waals surface area contributed by atoms with Crippen LogP contribution < -0.4 is 0 Å². The van der Waals surface area contributed by atoms with Gasteiger partial charge in [0, 0.05) is 0 Å². The van der Waals surface area contributed by atoms with E-state index in [-0.39, 0.29) is 0 Å². The SMILES string of the molecule is CCC[N-]CCC.CCC[N-]CCC.CCC[N-]CCC.[CH3][Ti+3][C]1=CC=CC1. The molecule has 3 nitrogen and oxygen atoms in total. The van der Waals surface area contributed by atoms with Crippen LogP contribution in [0.4, 0.5) is 0 Å². The van der Waals surface area contributed by atoms with Gasteiger partial charge in [-0.2, -0.15) is 0 Å². The molecule has 0 saturated heterocycles. The Morgan fingerprint density at radius 2 is 0.964 bits per heavy atom.